The second kappa shape index (κ2) is 5.30. The van der Waals surface area contributed by atoms with E-state index in [-0.39, 0.29) is 11.9 Å². The maximum atomic E-state index is 13.1. The van der Waals surface area contributed by atoms with Crippen LogP contribution in [0.5, 0.6) is 5.75 Å². The number of amides is 1. The second-order valence-electron chi connectivity index (χ2n) is 7.63. The van der Waals surface area contributed by atoms with Gasteiger partial charge in [-0.3, -0.25) is 14.7 Å². The Morgan fingerprint density at radius 2 is 1.92 bits per heavy atom. The number of pyridine rings is 1. The highest BCUT2D eigenvalue weighted by atomic mass is 16.5. The number of nitrogens with zero attached hydrogens (tertiary/aromatic N) is 3. The predicted molar refractivity (Wildman–Crippen MR) is 99.8 cm³/mol. The van der Waals surface area contributed by atoms with Crippen molar-refractivity contribution < 1.29 is 9.53 Å². The molecule has 26 heavy (non-hydrogen) atoms. The lowest BCUT2D eigenvalue weighted by Crippen LogP contribution is -2.49. The monoisotopic (exact) mass is 350 g/mol. The molecule has 6 nitrogen and oxygen atoms in total. The number of ether oxygens (including phenoxy) is 1. The first-order valence-corrected chi connectivity index (χ1v) is 8.62. The van der Waals surface area contributed by atoms with E-state index in [0.717, 1.165) is 22.4 Å². The number of hydrogen-bond donors (Lipinski definition) is 1. The van der Waals surface area contributed by atoms with Crippen LogP contribution in [0.4, 0.5) is 0 Å². The summed E-state index contributed by atoms with van der Waals surface area (Å²) >= 11 is 0. The molecule has 4 rings (SSSR count). The van der Waals surface area contributed by atoms with Crippen LogP contribution in [0, 0.1) is 6.92 Å². The Morgan fingerprint density at radius 3 is 2.54 bits per heavy atom. The summed E-state index contributed by atoms with van der Waals surface area (Å²) in [5.74, 6) is 0.790. The van der Waals surface area contributed by atoms with Crippen LogP contribution in [0.25, 0.3) is 11.1 Å². The third-order valence-electron chi connectivity index (χ3n) is 5.05. The highest BCUT2D eigenvalue weighted by Crippen LogP contribution is 2.49. The number of benzene rings is 1. The van der Waals surface area contributed by atoms with Gasteiger partial charge in [-0.2, -0.15) is 0 Å². The zero-order valence-corrected chi connectivity index (χ0v) is 15.4. The number of rotatable bonds is 1. The van der Waals surface area contributed by atoms with Crippen LogP contribution in [0.15, 0.2) is 41.5 Å². The fourth-order valence-corrected chi connectivity index (χ4v) is 3.80. The van der Waals surface area contributed by atoms with E-state index in [0.29, 0.717) is 12.2 Å². The molecule has 2 N–H and O–H groups in total. The number of hydrogen-bond acceptors (Lipinski definition) is 5. The van der Waals surface area contributed by atoms with Crippen molar-refractivity contribution in [3.63, 3.8) is 0 Å². The molecule has 134 valence electrons. The summed E-state index contributed by atoms with van der Waals surface area (Å²) < 4.78 is 6.14. The Morgan fingerprint density at radius 1 is 1.19 bits per heavy atom. The van der Waals surface area contributed by atoms with E-state index in [2.05, 4.69) is 9.98 Å². The molecule has 1 spiro atoms. The van der Waals surface area contributed by atoms with Crippen molar-refractivity contribution in [2.24, 2.45) is 10.7 Å². The number of guanidine groups is 1. The topological polar surface area (TPSA) is 80.8 Å². The maximum Gasteiger partial charge on any atom is 0.261 e. The Kier molecular flexibility index (Phi) is 3.38. The van der Waals surface area contributed by atoms with Gasteiger partial charge in [0, 0.05) is 36.5 Å². The lowest BCUT2D eigenvalue weighted by molar-refractivity contribution is -0.133. The number of nitrogens with two attached hydrogens (primary N) is 1. The third-order valence-corrected chi connectivity index (χ3v) is 5.05. The minimum atomic E-state index is -1.04. The van der Waals surface area contributed by atoms with Crippen molar-refractivity contribution >= 4 is 11.9 Å². The first kappa shape index (κ1) is 16.6. The zero-order chi connectivity index (χ0) is 18.7. The van der Waals surface area contributed by atoms with Crippen LogP contribution in [0.3, 0.4) is 0 Å². The first-order chi connectivity index (χ1) is 12.2. The van der Waals surface area contributed by atoms with Gasteiger partial charge in [-0.15, -0.1) is 0 Å². The van der Waals surface area contributed by atoms with Gasteiger partial charge in [0.05, 0.1) is 0 Å². The molecule has 2 aliphatic rings. The summed E-state index contributed by atoms with van der Waals surface area (Å²) in [5.41, 5.74) is 8.09. The predicted octanol–water partition coefficient (Wildman–Crippen LogP) is 2.60. The Balaban J connectivity index is 1.91. The van der Waals surface area contributed by atoms with E-state index in [1.165, 1.54) is 4.90 Å². The van der Waals surface area contributed by atoms with E-state index in [1.54, 1.807) is 7.05 Å². The third kappa shape index (κ3) is 2.36. The quantitative estimate of drug-likeness (QED) is 0.857. The molecule has 2 aliphatic heterocycles. The molecule has 0 saturated carbocycles. The van der Waals surface area contributed by atoms with Crippen LogP contribution in [-0.2, 0) is 10.3 Å². The van der Waals surface area contributed by atoms with Gasteiger partial charge in [-0.25, -0.2) is 4.99 Å². The standard InChI is InChI=1S/C20H22N4O2/c1-12-5-6-14(10-22-12)13-7-8-16-15(9-13)20(11-19(2,3)26-16)17(25)24(4)18(21)23-20/h5-10H,11H2,1-4H3,(H2,21,23). The number of aryl methyl sites for hydroxylation is 1. The van der Waals surface area contributed by atoms with Gasteiger partial charge in [-0.05, 0) is 44.5 Å². The molecule has 0 radical (unpaired) electrons. The van der Waals surface area contributed by atoms with E-state index < -0.39 is 11.1 Å². The lowest BCUT2D eigenvalue weighted by atomic mass is 9.77. The van der Waals surface area contributed by atoms with Gasteiger partial charge in [0.25, 0.3) is 5.91 Å². The average Bonchev–Trinajstić information content (AvgIpc) is 2.79. The van der Waals surface area contributed by atoms with Crippen molar-refractivity contribution in [1.82, 2.24) is 9.88 Å². The maximum absolute atomic E-state index is 13.1. The number of likely N-dealkylation sites (N-methyl/N-ethyl adjacent to an activating group) is 1. The smallest absolute Gasteiger partial charge is 0.261 e. The fraction of sp³-hybridized carbons (Fsp3) is 0.350. The van der Waals surface area contributed by atoms with E-state index in [1.807, 2.05) is 57.3 Å². The number of aliphatic imine (C=N–C) groups is 1. The lowest BCUT2D eigenvalue weighted by Gasteiger charge is -2.41. The Labute approximate surface area is 152 Å². The van der Waals surface area contributed by atoms with E-state index in [9.17, 15) is 4.79 Å². The van der Waals surface area contributed by atoms with Crippen LogP contribution in [0.1, 0.15) is 31.5 Å². The van der Waals surface area contributed by atoms with E-state index >= 15 is 0 Å². The molecular weight excluding hydrogens is 328 g/mol. The SMILES string of the molecule is Cc1ccc(-c2ccc3c(c2)C2(CC(C)(C)O3)N=C(N)N(C)C2=O)cn1. The van der Waals surface area contributed by atoms with Crippen LogP contribution in [-0.4, -0.2) is 34.4 Å². The van der Waals surface area contributed by atoms with Gasteiger partial charge >= 0.3 is 0 Å². The summed E-state index contributed by atoms with van der Waals surface area (Å²) in [5, 5.41) is 0. The molecule has 0 bridgehead atoms. The number of fused-ring (bicyclic) bond motifs is 2. The average molecular weight is 350 g/mol. The van der Waals surface area contributed by atoms with Crippen molar-refractivity contribution in [1.29, 1.82) is 0 Å². The molecule has 1 aromatic heterocycles. The van der Waals surface area contributed by atoms with E-state index in [4.69, 9.17) is 10.5 Å². The highest BCUT2D eigenvalue weighted by molar-refractivity contribution is 6.07. The first-order valence-electron chi connectivity index (χ1n) is 8.62. The largest absolute Gasteiger partial charge is 0.487 e. The minimum absolute atomic E-state index is 0.119. The number of carbonyl (C=O) groups excluding carboxylic acids is 1. The van der Waals surface area contributed by atoms with Crippen molar-refractivity contribution in [3.05, 3.63) is 47.8 Å². The van der Waals surface area contributed by atoms with Crippen LogP contribution in [0.2, 0.25) is 0 Å². The van der Waals surface area contributed by atoms with Gasteiger partial charge in [-0.1, -0.05) is 12.1 Å². The molecule has 0 aliphatic carbocycles. The second-order valence-corrected chi connectivity index (χ2v) is 7.63. The zero-order valence-electron chi connectivity index (χ0n) is 15.4. The van der Waals surface area contributed by atoms with Gasteiger partial charge in [0.15, 0.2) is 11.5 Å². The van der Waals surface area contributed by atoms with Crippen LogP contribution < -0.4 is 10.5 Å². The molecular formula is C20H22N4O2. The van der Waals surface area contributed by atoms with Crippen molar-refractivity contribution in [2.75, 3.05) is 7.05 Å². The van der Waals surface area contributed by atoms with Crippen LogP contribution >= 0.6 is 0 Å². The number of carbonyl (C=O) groups is 1. The summed E-state index contributed by atoms with van der Waals surface area (Å²) in [4.78, 5) is 23.5. The summed E-state index contributed by atoms with van der Waals surface area (Å²) in [7, 11) is 1.66. The number of aromatic nitrogens is 1. The Hall–Kier alpha value is -2.89. The Bertz CT molecular complexity index is 933. The molecule has 1 amide bonds. The molecule has 2 aromatic rings. The van der Waals surface area contributed by atoms with Crippen molar-refractivity contribution in [2.45, 2.75) is 38.3 Å². The summed E-state index contributed by atoms with van der Waals surface area (Å²) in [6, 6.07) is 9.85. The highest BCUT2D eigenvalue weighted by Gasteiger charge is 2.55. The van der Waals surface area contributed by atoms with Crippen molar-refractivity contribution in [3.8, 4) is 16.9 Å². The summed E-state index contributed by atoms with van der Waals surface area (Å²) in [6.07, 6.45) is 2.27. The fourth-order valence-electron chi connectivity index (χ4n) is 3.80. The molecule has 0 fully saturated rings. The molecule has 1 unspecified atom stereocenters. The molecule has 6 heteroatoms. The van der Waals surface area contributed by atoms with Gasteiger partial charge in [0.1, 0.15) is 11.4 Å². The molecule has 1 aromatic carbocycles. The molecule has 3 heterocycles. The normalized spacial score (nSPS) is 23.6. The van der Waals surface area contributed by atoms with Gasteiger partial charge in [0.2, 0.25) is 0 Å². The molecule has 1 atom stereocenters. The summed E-state index contributed by atoms with van der Waals surface area (Å²) in [6.45, 7) is 5.88. The minimum Gasteiger partial charge on any atom is -0.487 e. The van der Waals surface area contributed by atoms with Gasteiger partial charge < -0.3 is 10.5 Å². The molecule has 0 saturated heterocycles.